The van der Waals surface area contributed by atoms with E-state index in [1.807, 2.05) is 0 Å². The van der Waals surface area contributed by atoms with Crippen LogP contribution in [0.2, 0.25) is 0 Å². The summed E-state index contributed by atoms with van der Waals surface area (Å²) in [5.41, 5.74) is 0. The van der Waals surface area contributed by atoms with Crippen molar-refractivity contribution in [2.45, 2.75) is 10.6 Å². The van der Waals surface area contributed by atoms with Crippen LogP contribution in [0.5, 0.6) is 0 Å². The highest BCUT2D eigenvalue weighted by Gasteiger charge is 2.18. The average Bonchev–Trinajstić information content (AvgIpc) is 2.78. The van der Waals surface area contributed by atoms with Crippen LogP contribution < -0.4 is 0 Å². The molecule has 0 unspecified atom stereocenters. The molecule has 2 aromatic rings. The molecule has 0 spiro atoms. The van der Waals surface area contributed by atoms with Crippen molar-refractivity contribution in [3.8, 4) is 0 Å². The molecule has 0 aliphatic carbocycles. The first-order chi connectivity index (χ1) is 8.49. The van der Waals surface area contributed by atoms with Crippen molar-refractivity contribution in [1.82, 2.24) is 4.98 Å². The normalized spacial score (nSPS) is 11.3. The standard InChI is InChI=1S/C11H9NO4S2/c13-11(14)9-6-12-10(17-9)7-18(15,16)8-4-2-1-3-5-8/h1-6H,7H2,(H,13,14). The summed E-state index contributed by atoms with van der Waals surface area (Å²) < 4.78 is 24.0. The summed E-state index contributed by atoms with van der Waals surface area (Å²) in [5, 5.41) is 9.01. The van der Waals surface area contributed by atoms with E-state index in [1.54, 1.807) is 18.2 Å². The minimum Gasteiger partial charge on any atom is -0.477 e. The lowest BCUT2D eigenvalue weighted by molar-refractivity contribution is 0.0702. The second kappa shape index (κ2) is 4.87. The van der Waals surface area contributed by atoms with Crippen molar-refractivity contribution in [2.75, 3.05) is 0 Å². The zero-order valence-corrected chi connectivity index (χ0v) is 10.7. The molecule has 1 aromatic carbocycles. The Kier molecular flexibility index (Phi) is 3.44. The number of carboxylic acid groups (broad SMARTS) is 1. The van der Waals surface area contributed by atoms with Gasteiger partial charge in [-0.15, -0.1) is 11.3 Å². The van der Waals surface area contributed by atoms with Crippen LogP contribution >= 0.6 is 11.3 Å². The Bertz CT molecular complexity index is 661. The molecule has 0 atom stereocenters. The Labute approximate surface area is 108 Å². The minimum atomic E-state index is -3.47. The number of hydrogen-bond acceptors (Lipinski definition) is 5. The monoisotopic (exact) mass is 283 g/mol. The van der Waals surface area contributed by atoms with Gasteiger partial charge in [-0.25, -0.2) is 18.2 Å². The number of sulfone groups is 1. The Morgan fingerprint density at radius 1 is 1.28 bits per heavy atom. The van der Waals surface area contributed by atoms with Gasteiger partial charge >= 0.3 is 5.97 Å². The molecule has 0 radical (unpaired) electrons. The molecule has 0 aliphatic heterocycles. The van der Waals surface area contributed by atoms with Gasteiger partial charge < -0.3 is 5.11 Å². The first-order valence-corrected chi connectivity index (χ1v) is 7.42. The third-order valence-corrected chi connectivity index (χ3v) is 4.99. The van der Waals surface area contributed by atoms with Crippen LogP contribution in [0.15, 0.2) is 41.4 Å². The van der Waals surface area contributed by atoms with Crippen molar-refractivity contribution >= 4 is 27.1 Å². The van der Waals surface area contributed by atoms with Crippen LogP contribution in [0.4, 0.5) is 0 Å². The second-order valence-electron chi connectivity index (χ2n) is 3.50. The van der Waals surface area contributed by atoms with Crippen LogP contribution in [0.25, 0.3) is 0 Å². The molecule has 0 fully saturated rings. The molecule has 18 heavy (non-hydrogen) atoms. The van der Waals surface area contributed by atoms with Crippen molar-refractivity contribution in [3.05, 3.63) is 46.4 Å². The van der Waals surface area contributed by atoms with Crippen LogP contribution in [-0.4, -0.2) is 24.5 Å². The third kappa shape index (κ3) is 2.74. The first-order valence-electron chi connectivity index (χ1n) is 4.95. The fourth-order valence-electron chi connectivity index (χ4n) is 1.35. The van der Waals surface area contributed by atoms with E-state index < -0.39 is 15.8 Å². The van der Waals surface area contributed by atoms with Gasteiger partial charge in [0.1, 0.15) is 15.6 Å². The minimum absolute atomic E-state index is 0.0354. The van der Waals surface area contributed by atoms with Gasteiger partial charge in [-0.2, -0.15) is 0 Å². The molecule has 5 nitrogen and oxygen atoms in total. The maximum atomic E-state index is 12.0. The summed E-state index contributed by atoms with van der Waals surface area (Å²) in [6, 6.07) is 8.00. The predicted octanol–water partition coefficient (Wildman–Crippen LogP) is 1.82. The molecule has 7 heteroatoms. The summed E-state index contributed by atoms with van der Waals surface area (Å²) in [6.45, 7) is 0. The summed E-state index contributed by atoms with van der Waals surface area (Å²) in [6.07, 6.45) is 1.17. The fraction of sp³-hybridized carbons (Fsp3) is 0.0909. The zero-order chi connectivity index (χ0) is 13.2. The highest BCUT2D eigenvalue weighted by molar-refractivity contribution is 7.90. The lowest BCUT2D eigenvalue weighted by Crippen LogP contribution is -2.04. The SMILES string of the molecule is O=C(O)c1cnc(CS(=O)(=O)c2ccccc2)s1. The highest BCUT2D eigenvalue weighted by atomic mass is 32.2. The third-order valence-electron chi connectivity index (χ3n) is 2.18. The largest absolute Gasteiger partial charge is 0.477 e. The molecule has 2 rings (SSSR count). The van der Waals surface area contributed by atoms with Crippen molar-refractivity contribution in [2.24, 2.45) is 0 Å². The van der Waals surface area contributed by atoms with E-state index >= 15 is 0 Å². The molecule has 0 bridgehead atoms. The number of carbonyl (C=O) groups is 1. The molecule has 1 N–H and O–H groups in total. The van der Waals surface area contributed by atoms with Crippen LogP contribution in [-0.2, 0) is 15.6 Å². The molecule has 94 valence electrons. The fourth-order valence-corrected chi connectivity index (χ4v) is 3.74. The average molecular weight is 283 g/mol. The van der Waals surface area contributed by atoms with Crippen LogP contribution in [0, 0.1) is 0 Å². The van der Waals surface area contributed by atoms with E-state index in [9.17, 15) is 13.2 Å². The number of hydrogen-bond donors (Lipinski definition) is 1. The number of nitrogens with zero attached hydrogens (tertiary/aromatic N) is 1. The van der Waals surface area contributed by atoms with Gasteiger partial charge in [0, 0.05) is 0 Å². The van der Waals surface area contributed by atoms with Crippen LogP contribution in [0.1, 0.15) is 14.7 Å². The maximum Gasteiger partial charge on any atom is 0.347 e. The number of rotatable bonds is 4. The molecular weight excluding hydrogens is 274 g/mol. The molecule has 1 heterocycles. The Balaban J connectivity index is 2.25. The van der Waals surface area contributed by atoms with Gasteiger partial charge in [0.15, 0.2) is 9.84 Å². The quantitative estimate of drug-likeness (QED) is 0.925. The van der Waals surface area contributed by atoms with E-state index in [4.69, 9.17) is 5.11 Å². The molecule has 1 aromatic heterocycles. The molecule has 0 saturated heterocycles. The molecule has 0 saturated carbocycles. The Hall–Kier alpha value is -1.73. The zero-order valence-electron chi connectivity index (χ0n) is 9.11. The van der Waals surface area contributed by atoms with Gasteiger partial charge in [-0.05, 0) is 12.1 Å². The van der Waals surface area contributed by atoms with E-state index in [1.165, 1.54) is 18.3 Å². The van der Waals surface area contributed by atoms with E-state index in [-0.39, 0.29) is 20.5 Å². The Morgan fingerprint density at radius 3 is 2.50 bits per heavy atom. The summed E-state index contributed by atoms with van der Waals surface area (Å²) in [7, 11) is -3.47. The lowest BCUT2D eigenvalue weighted by atomic mass is 10.4. The van der Waals surface area contributed by atoms with E-state index in [2.05, 4.69) is 4.98 Å². The number of benzene rings is 1. The topological polar surface area (TPSA) is 84.3 Å². The van der Waals surface area contributed by atoms with E-state index in [0.29, 0.717) is 0 Å². The van der Waals surface area contributed by atoms with Crippen LogP contribution in [0.3, 0.4) is 0 Å². The summed E-state index contributed by atoms with van der Waals surface area (Å²) >= 11 is 0.873. The van der Waals surface area contributed by atoms with E-state index in [0.717, 1.165) is 11.3 Å². The predicted molar refractivity (Wildman–Crippen MR) is 66.4 cm³/mol. The van der Waals surface area contributed by atoms with Gasteiger partial charge in [-0.3, -0.25) is 0 Å². The number of aromatic nitrogens is 1. The van der Waals surface area contributed by atoms with Gasteiger partial charge in [0.05, 0.1) is 11.1 Å². The molecule has 0 amide bonds. The van der Waals surface area contributed by atoms with Gasteiger partial charge in [0.2, 0.25) is 0 Å². The van der Waals surface area contributed by atoms with Gasteiger partial charge in [-0.1, -0.05) is 18.2 Å². The number of thiazole rings is 1. The maximum absolute atomic E-state index is 12.0. The summed E-state index contributed by atoms with van der Waals surface area (Å²) in [5.74, 6) is -1.38. The smallest absolute Gasteiger partial charge is 0.347 e. The Morgan fingerprint density at radius 2 is 1.94 bits per heavy atom. The van der Waals surface area contributed by atoms with Gasteiger partial charge in [0.25, 0.3) is 0 Å². The van der Waals surface area contributed by atoms with Crippen molar-refractivity contribution < 1.29 is 18.3 Å². The lowest BCUT2D eigenvalue weighted by Gasteiger charge is -2.01. The molecular formula is C11H9NO4S2. The molecule has 0 aliphatic rings. The van der Waals surface area contributed by atoms with Crippen molar-refractivity contribution in [3.63, 3.8) is 0 Å². The first kappa shape index (κ1) is 12.7. The highest BCUT2D eigenvalue weighted by Crippen LogP contribution is 2.20. The van der Waals surface area contributed by atoms with Crippen molar-refractivity contribution in [1.29, 1.82) is 0 Å². The summed E-state index contributed by atoms with van der Waals surface area (Å²) in [4.78, 5) is 14.7. The number of aromatic carboxylic acids is 1. The second-order valence-corrected chi connectivity index (χ2v) is 6.60. The number of carboxylic acids is 1.